The third-order valence-corrected chi connectivity index (χ3v) is 9.92. The Labute approximate surface area is 195 Å². The molecule has 180 valence electrons. The third kappa shape index (κ3) is 4.34. The fourth-order valence-corrected chi connectivity index (χ4v) is 7.24. The molecule has 0 spiro atoms. The van der Waals surface area contributed by atoms with Crippen molar-refractivity contribution in [2.24, 2.45) is 0 Å². The average Bonchev–Trinajstić information content (AvgIpc) is 2.76. The fraction of sp³-hybridized carbons (Fsp3) is 0.273. The summed E-state index contributed by atoms with van der Waals surface area (Å²) >= 11 is 0. The number of hydrogen-bond donors (Lipinski definition) is 3. The molecule has 0 saturated carbocycles. The second kappa shape index (κ2) is 8.98. The number of fused-ring (bicyclic) bond motifs is 1. The number of carbonyl (C=O) groups is 1. The SMILES string of the molecule is CC(C)OC(=O)c1ccc(C2OP(=O)(O)C(O)(Cc3cccnc3)P(=O)(O)O2)c2ccccc12. The first-order valence-corrected chi connectivity index (χ1v) is 13.5. The van der Waals surface area contributed by atoms with Gasteiger partial charge in [-0.25, -0.2) is 4.79 Å². The predicted octanol–water partition coefficient (Wildman–Crippen LogP) is 4.11. The Morgan fingerprint density at radius 3 is 2.29 bits per heavy atom. The van der Waals surface area contributed by atoms with Crippen molar-refractivity contribution in [2.45, 2.75) is 37.7 Å². The van der Waals surface area contributed by atoms with Gasteiger partial charge in [0.25, 0.3) is 5.08 Å². The molecule has 1 fully saturated rings. The zero-order valence-electron chi connectivity index (χ0n) is 18.3. The van der Waals surface area contributed by atoms with Gasteiger partial charge in [0.1, 0.15) is 0 Å². The Kier molecular flexibility index (Phi) is 6.52. The van der Waals surface area contributed by atoms with Crippen LogP contribution in [-0.4, -0.2) is 37.0 Å². The number of benzene rings is 2. The second-order valence-corrected chi connectivity index (χ2v) is 12.4. The maximum absolute atomic E-state index is 13.1. The minimum Gasteiger partial charge on any atom is -0.459 e. The van der Waals surface area contributed by atoms with Crippen molar-refractivity contribution in [1.29, 1.82) is 0 Å². The molecule has 12 heteroatoms. The summed E-state index contributed by atoms with van der Waals surface area (Å²) in [6.07, 6.45) is -0.0855. The zero-order valence-corrected chi connectivity index (χ0v) is 20.1. The number of ether oxygens (including phenoxy) is 1. The van der Waals surface area contributed by atoms with Crippen molar-refractivity contribution >= 4 is 31.9 Å². The summed E-state index contributed by atoms with van der Waals surface area (Å²) in [6, 6.07) is 12.3. The van der Waals surface area contributed by atoms with E-state index in [0.29, 0.717) is 10.8 Å². The van der Waals surface area contributed by atoms with Crippen LogP contribution in [0.25, 0.3) is 10.8 Å². The summed E-state index contributed by atoms with van der Waals surface area (Å²) in [6.45, 7) is 3.42. The van der Waals surface area contributed by atoms with Gasteiger partial charge in [0.05, 0.1) is 11.7 Å². The number of rotatable bonds is 5. The van der Waals surface area contributed by atoms with Crippen LogP contribution in [-0.2, 0) is 29.3 Å². The Hall–Kier alpha value is -2.42. The van der Waals surface area contributed by atoms with Gasteiger partial charge < -0.3 is 19.6 Å². The smallest absolute Gasteiger partial charge is 0.374 e. The highest BCUT2D eigenvalue weighted by Crippen LogP contribution is 2.79. The minimum atomic E-state index is -5.15. The first-order valence-electron chi connectivity index (χ1n) is 10.3. The van der Waals surface area contributed by atoms with E-state index < -0.39 is 39.0 Å². The minimum absolute atomic E-state index is 0.128. The van der Waals surface area contributed by atoms with Crippen molar-refractivity contribution < 1.29 is 42.6 Å². The van der Waals surface area contributed by atoms with E-state index in [0.717, 1.165) is 0 Å². The van der Waals surface area contributed by atoms with Gasteiger partial charge in [0.2, 0.25) is 6.29 Å². The van der Waals surface area contributed by atoms with E-state index in [4.69, 9.17) is 13.8 Å². The number of pyridine rings is 1. The van der Waals surface area contributed by atoms with Crippen molar-refractivity contribution in [3.8, 4) is 0 Å². The summed E-state index contributed by atoms with van der Waals surface area (Å²) in [4.78, 5) is 37.6. The van der Waals surface area contributed by atoms with Gasteiger partial charge in [-0.2, -0.15) is 0 Å². The van der Waals surface area contributed by atoms with E-state index in [9.17, 15) is 28.8 Å². The number of carbonyl (C=O) groups excluding carboxylic acids is 1. The number of nitrogens with zero attached hydrogens (tertiary/aromatic N) is 1. The normalized spacial score (nSPS) is 29.3. The molecule has 3 N–H and O–H groups in total. The van der Waals surface area contributed by atoms with Crippen molar-refractivity contribution in [3.05, 3.63) is 77.6 Å². The molecule has 0 aliphatic carbocycles. The topological polar surface area (TPSA) is 152 Å². The molecule has 0 bridgehead atoms. The Balaban J connectivity index is 1.75. The van der Waals surface area contributed by atoms with E-state index in [1.165, 1.54) is 36.7 Å². The van der Waals surface area contributed by atoms with E-state index in [1.54, 1.807) is 38.1 Å². The molecule has 1 aliphatic heterocycles. The molecule has 4 rings (SSSR count). The van der Waals surface area contributed by atoms with Crippen LogP contribution in [0.4, 0.5) is 0 Å². The molecular weight excluding hydrogens is 484 g/mol. The monoisotopic (exact) mass is 507 g/mol. The lowest BCUT2D eigenvalue weighted by molar-refractivity contribution is -0.0571. The number of hydrogen-bond acceptors (Lipinski definition) is 8. The molecule has 1 aliphatic rings. The van der Waals surface area contributed by atoms with E-state index in [-0.39, 0.29) is 22.8 Å². The van der Waals surface area contributed by atoms with E-state index in [1.807, 2.05) is 0 Å². The average molecular weight is 507 g/mol. The van der Waals surface area contributed by atoms with Crippen LogP contribution in [0.2, 0.25) is 0 Å². The van der Waals surface area contributed by atoms with Crippen LogP contribution in [0.1, 0.15) is 41.6 Å². The first-order chi connectivity index (χ1) is 16.0. The number of aliphatic hydroxyl groups is 1. The maximum atomic E-state index is 13.1. The highest BCUT2D eigenvalue weighted by molar-refractivity contribution is 7.73. The summed E-state index contributed by atoms with van der Waals surface area (Å²) < 4.78 is 41.9. The van der Waals surface area contributed by atoms with Gasteiger partial charge >= 0.3 is 21.2 Å². The van der Waals surface area contributed by atoms with E-state index >= 15 is 0 Å². The van der Waals surface area contributed by atoms with Gasteiger partial charge in [-0.05, 0) is 42.3 Å². The molecular formula is C22H23NO9P2. The quantitative estimate of drug-likeness (QED) is 0.340. The van der Waals surface area contributed by atoms with Gasteiger partial charge in [0, 0.05) is 24.4 Å². The summed E-state index contributed by atoms with van der Waals surface area (Å²) in [5.74, 6) is -0.574. The molecule has 10 nitrogen and oxygen atoms in total. The number of aromatic nitrogens is 1. The van der Waals surface area contributed by atoms with Gasteiger partial charge in [-0.15, -0.1) is 0 Å². The zero-order chi connectivity index (χ0) is 24.7. The van der Waals surface area contributed by atoms with Crippen molar-refractivity contribution in [3.63, 3.8) is 0 Å². The molecule has 0 amide bonds. The Morgan fingerprint density at radius 2 is 1.71 bits per heavy atom. The second-order valence-electron chi connectivity index (χ2n) is 8.10. The highest BCUT2D eigenvalue weighted by Gasteiger charge is 2.67. The van der Waals surface area contributed by atoms with Crippen LogP contribution in [0.15, 0.2) is 60.9 Å². The summed E-state index contributed by atoms with van der Waals surface area (Å²) in [7, 11) is -10.3. The lowest BCUT2D eigenvalue weighted by atomic mass is 9.99. The molecule has 0 radical (unpaired) electrons. The van der Waals surface area contributed by atoms with Gasteiger partial charge in [-0.3, -0.25) is 23.2 Å². The summed E-state index contributed by atoms with van der Waals surface area (Å²) in [5.41, 5.74) is 0.595. The van der Waals surface area contributed by atoms with Crippen LogP contribution >= 0.6 is 15.2 Å². The Morgan fingerprint density at radius 1 is 1.06 bits per heavy atom. The highest BCUT2D eigenvalue weighted by atomic mass is 31.2. The summed E-state index contributed by atoms with van der Waals surface area (Å²) in [5, 5.41) is 8.60. The van der Waals surface area contributed by atoms with E-state index in [2.05, 4.69) is 4.98 Å². The van der Waals surface area contributed by atoms with Crippen molar-refractivity contribution in [2.75, 3.05) is 0 Å². The van der Waals surface area contributed by atoms with Crippen LogP contribution in [0, 0.1) is 0 Å². The standard InChI is InChI=1S/C22H23NO9P2/c1-14(2)30-20(24)18-9-10-19(17-8-4-3-7-16(17)18)21-31-33(26,27)22(25,34(28,29)32-21)12-15-6-5-11-23-13-15/h3-11,13-14,21,25H,12H2,1-2H3,(H,26,27)(H,28,29). The first kappa shape index (κ1) is 24.7. The molecule has 2 unspecified atom stereocenters. The van der Waals surface area contributed by atoms with Gasteiger partial charge in [-0.1, -0.05) is 36.4 Å². The lowest BCUT2D eigenvalue weighted by Gasteiger charge is -2.41. The van der Waals surface area contributed by atoms with Crippen molar-refractivity contribution in [1.82, 2.24) is 4.98 Å². The predicted molar refractivity (Wildman–Crippen MR) is 122 cm³/mol. The van der Waals surface area contributed by atoms with Gasteiger partial charge in [0.15, 0.2) is 0 Å². The fourth-order valence-electron chi connectivity index (χ4n) is 3.68. The lowest BCUT2D eigenvalue weighted by Crippen LogP contribution is -2.38. The molecule has 2 atom stereocenters. The molecule has 1 aromatic heterocycles. The molecule has 34 heavy (non-hydrogen) atoms. The molecule has 2 heterocycles. The molecule has 1 saturated heterocycles. The third-order valence-electron chi connectivity index (χ3n) is 5.32. The maximum Gasteiger partial charge on any atom is 0.374 e. The van der Waals surface area contributed by atoms with Crippen LogP contribution in [0.5, 0.6) is 0 Å². The number of esters is 1. The Bertz CT molecular complexity index is 1300. The van der Waals surface area contributed by atoms with Crippen LogP contribution in [0.3, 0.4) is 0 Å². The largest absolute Gasteiger partial charge is 0.459 e. The molecule has 2 aromatic carbocycles. The molecule has 3 aromatic rings. The van der Waals surface area contributed by atoms with Crippen LogP contribution < -0.4 is 0 Å².